The Kier molecular flexibility index (Phi) is 5.28. The van der Waals surface area contributed by atoms with E-state index in [0.29, 0.717) is 23.0 Å². The van der Waals surface area contributed by atoms with Crippen LogP contribution >= 0.6 is 11.6 Å². The van der Waals surface area contributed by atoms with Crippen LogP contribution in [0.4, 0.5) is 4.39 Å². The zero-order chi connectivity index (χ0) is 20.5. The molecule has 150 valence electrons. The first kappa shape index (κ1) is 19.5. The second kappa shape index (κ2) is 7.87. The maximum atomic E-state index is 13.3. The SMILES string of the molecule is COc1ccc(Cl)cc1CN(C)C(=O)c1nn(-c2ccc(F)cc2)c2c1CCC2. The van der Waals surface area contributed by atoms with Gasteiger partial charge in [-0.2, -0.15) is 5.10 Å². The smallest absolute Gasteiger partial charge is 0.274 e. The van der Waals surface area contributed by atoms with Gasteiger partial charge in [-0.15, -0.1) is 0 Å². The number of halogens is 2. The molecule has 0 aliphatic heterocycles. The molecule has 0 saturated heterocycles. The van der Waals surface area contributed by atoms with Gasteiger partial charge in [-0.1, -0.05) is 11.6 Å². The van der Waals surface area contributed by atoms with Gasteiger partial charge in [-0.3, -0.25) is 4.79 Å². The molecule has 7 heteroatoms. The van der Waals surface area contributed by atoms with Crippen molar-refractivity contribution in [1.29, 1.82) is 0 Å². The molecule has 1 aliphatic rings. The van der Waals surface area contributed by atoms with E-state index >= 15 is 0 Å². The van der Waals surface area contributed by atoms with Crippen molar-refractivity contribution >= 4 is 17.5 Å². The van der Waals surface area contributed by atoms with Crippen LogP contribution in [0.1, 0.15) is 33.7 Å². The highest BCUT2D eigenvalue weighted by atomic mass is 35.5. The van der Waals surface area contributed by atoms with Gasteiger partial charge in [0.15, 0.2) is 5.69 Å². The molecule has 3 aromatic rings. The second-order valence-electron chi connectivity index (χ2n) is 7.13. The van der Waals surface area contributed by atoms with Crippen molar-refractivity contribution in [2.45, 2.75) is 25.8 Å². The Morgan fingerprint density at radius 3 is 2.72 bits per heavy atom. The normalized spacial score (nSPS) is 12.7. The summed E-state index contributed by atoms with van der Waals surface area (Å²) in [5, 5.41) is 5.19. The van der Waals surface area contributed by atoms with E-state index in [1.165, 1.54) is 12.1 Å². The van der Waals surface area contributed by atoms with Crippen molar-refractivity contribution in [1.82, 2.24) is 14.7 Å². The van der Waals surface area contributed by atoms with Crippen molar-refractivity contribution in [3.05, 3.63) is 75.8 Å². The minimum absolute atomic E-state index is 0.161. The number of hydrogen-bond acceptors (Lipinski definition) is 3. The van der Waals surface area contributed by atoms with Crippen LogP contribution in [0, 0.1) is 5.82 Å². The van der Waals surface area contributed by atoms with Gasteiger partial charge in [0, 0.05) is 35.4 Å². The van der Waals surface area contributed by atoms with Crippen LogP contribution in [0.5, 0.6) is 5.75 Å². The van der Waals surface area contributed by atoms with Crippen LogP contribution in [0.3, 0.4) is 0 Å². The largest absolute Gasteiger partial charge is 0.496 e. The van der Waals surface area contributed by atoms with Gasteiger partial charge in [0.1, 0.15) is 11.6 Å². The first-order chi connectivity index (χ1) is 14.0. The van der Waals surface area contributed by atoms with Crippen LogP contribution in [-0.4, -0.2) is 34.7 Å². The van der Waals surface area contributed by atoms with Crippen molar-refractivity contribution < 1.29 is 13.9 Å². The summed E-state index contributed by atoms with van der Waals surface area (Å²) in [6.45, 7) is 0.348. The molecule has 0 N–H and O–H groups in total. The van der Waals surface area contributed by atoms with Gasteiger partial charge in [-0.05, 0) is 61.7 Å². The van der Waals surface area contributed by atoms with Crippen LogP contribution in [-0.2, 0) is 19.4 Å². The minimum atomic E-state index is -0.302. The van der Waals surface area contributed by atoms with Crippen molar-refractivity contribution in [2.75, 3.05) is 14.2 Å². The summed E-state index contributed by atoms with van der Waals surface area (Å²) in [4.78, 5) is 14.8. The summed E-state index contributed by atoms with van der Waals surface area (Å²) in [5.74, 6) is 0.214. The highest BCUT2D eigenvalue weighted by molar-refractivity contribution is 6.30. The van der Waals surface area contributed by atoms with Crippen LogP contribution < -0.4 is 4.74 Å². The zero-order valence-electron chi connectivity index (χ0n) is 16.3. The molecule has 0 fully saturated rings. The number of aromatic nitrogens is 2. The molecule has 4 rings (SSSR count). The van der Waals surface area contributed by atoms with E-state index in [1.807, 2.05) is 0 Å². The van der Waals surface area contributed by atoms with Crippen LogP contribution in [0.2, 0.25) is 5.02 Å². The van der Waals surface area contributed by atoms with Gasteiger partial charge in [0.2, 0.25) is 0 Å². The van der Waals surface area contributed by atoms with E-state index < -0.39 is 0 Å². The number of fused-ring (bicyclic) bond motifs is 1. The van der Waals surface area contributed by atoms with Crippen molar-refractivity contribution in [2.24, 2.45) is 0 Å². The summed E-state index contributed by atoms with van der Waals surface area (Å²) in [5.41, 5.74) is 4.02. The molecule has 1 aliphatic carbocycles. The Morgan fingerprint density at radius 2 is 2.00 bits per heavy atom. The molecule has 0 spiro atoms. The fourth-order valence-corrected chi connectivity index (χ4v) is 3.98. The minimum Gasteiger partial charge on any atom is -0.496 e. The first-order valence-electron chi connectivity index (χ1n) is 9.42. The molecule has 1 amide bonds. The van der Waals surface area contributed by atoms with E-state index in [2.05, 4.69) is 5.10 Å². The number of nitrogens with zero attached hydrogens (tertiary/aromatic N) is 3. The molecule has 0 atom stereocenters. The van der Waals surface area contributed by atoms with Gasteiger partial charge in [0.05, 0.1) is 12.8 Å². The Hall–Kier alpha value is -2.86. The Morgan fingerprint density at radius 1 is 1.24 bits per heavy atom. The third-order valence-electron chi connectivity index (χ3n) is 5.20. The Bertz CT molecular complexity index is 1060. The van der Waals surface area contributed by atoms with Gasteiger partial charge < -0.3 is 9.64 Å². The molecule has 2 aromatic carbocycles. The quantitative estimate of drug-likeness (QED) is 0.621. The molecule has 0 bridgehead atoms. The summed E-state index contributed by atoms with van der Waals surface area (Å²) in [6.07, 6.45) is 2.63. The van der Waals surface area contributed by atoms with E-state index in [0.717, 1.165) is 41.8 Å². The maximum absolute atomic E-state index is 13.3. The van der Waals surface area contributed by atoms with E-state index in [-0.39, 0.29) is 11.7 Å². The number of hydrogen-bond donors (Lipinski definition) is 0. The Labute approximate surface area is 173 Å². The highest BCUT2D eigenvalue weighted by Crippen LogP contribution is 2.29. The zero-order valence-corrected chi connectivity index (χ0v) is 17.0. The average Bonchev–Trinajstić information content (AvgIpc) is 3.31. The summed E-state index contributed by atoms with van der Waals surface area (Å²) in [6, 6.07) is 11.5. The Balaban J connectivity index is 1.65. The predicted octanol–water partition coefficient (Wildman–Crippen LogP) is 4.43. The summed E-state index contributed by atoms with van der Waals surface area (Å²) >= 11 is 6.11. The number of carbonyl (C=O) groups excluding carboxylic acids is 1. The summed E-state index contributed by atoms with van der Waals surface area (Å²) < 4.78 is 20.5. The second-order valence-corrected chi connectivity index (χ2v) is 7.57. The molecule has 0 radical (unpaired) electrons. The molecule has 1 aromatic heterocycles. The molecular formula is C22H21ClFN3O2. The molecular weight excluding hydrogens is 393 g/mol. The van der Waals surface area contributed by atoms with Gasteiger partial charge in [-0.25, -0.2) is 9.07 Å². The molecule has 0 unspecified atom stereocenters. The number of rotatable bonds is 5. The number of benzene rings is 2. The first-order valence-corrected chi connectivity index (χ1v) is 9.80. The van der Waals surface area contributed by atoms with E-state index in [4.69, 9.17) is 16.3 Å². The van der Waals surface area contributed by atoms with Gasteiger partial charge >= 0.3 is 0 Å². The fraction of sp³-hybridized carbons (Fsp3) is 0.273. The van der Waals surface area contributed by atoms with Gasteiger partial charge in [0.25, 0.3) is 5.91 Å². The lowest BCUT2D eigenvalue weighted by Crippen LogP contribution is -2.27. The summed E-state index contributed by atoms with van der Waals surface area (Å²) in [7, 11) is 3.33. The van der Waals surface area contributed by atoms with Crippen molar-refractivity contribution in [3.8, 4) is 11.4 Å². The van der Waals surface area contributed by atoms with E-state index in [1.54, 1.807) is 54.1 Å². The lowest BCUT2D eigenvalue weighted by molar-refractivity contribution is 0.0777. The monoisotopic (exact) mass is 413 g/mol. The lowest BCUT2D eigenvalue weighted by atomic mass is 10.1. The third kappa shape index (κ3) is 3.72. The van der Waals surface area contributed by atoms with Crippen molar-refractivity contribution in [3.63, 3.8) is 0 Å². The average molecular weight is 414 g/mol. The third-order valence-corrected chi connectivity index (χ3v) is 5.44. The predicted molar refractivity (Wildman–Crippen MR) is 109 cm³/mol. The lowest BCUT2D eigenvalue weighted by Gasteiger charge is -2.18. The number of carbonyl (C=O) groups is 1. The topological polar surface area (TPSA) is 47.4 Å². The maximum Gasteiger partial charge on any atom is 0.274 e. The fourth-order valence-electron chi connectivity index (χ4n) is 3.78. The number of amides is 1. The molecule has 5 nitrogen and oxygen atoms in total. The van der Waals surface area contributed by atoms with Crippen LogP contribution in [0.25, 0.3) is 5.69 Å². The van der Waals surface area contributed by atoms with E-state index in [9.17, 15) is 9.18 Å². The number of ether oxygens (including phenoxy) is 1. The number of methoxy groups -OCH3 is 1. The standard InChI is InChI=1S/C22H21ClFN3O2/c1-26(13-14-12-15(23)6-11-20(14)29-2)22(28)21-18-4-3-5-19(18)27(25-21)17-9-7-16(24)8-10-17/h6-12H,3-5,13H2,1-2H3. The molecule has 0 saturated carbocycles. The van der Waals surface area contributed by atoms with Crippen LogP contribution in [0.15, 0.2) is 42.5 Å². The highest BCUT2D eigenvalue weighted by Gasteiger charge is 2.28. The molecule has 29 heavy (non-hydrogen) atoms. The molecule has 1 heterocycles.